The molecule has 49 heavy (non-hydrogen) atoms. The molecule has 0 fully saturated rings. The van der Waals surface area contributed by atoms with Crippen LogP contribution in [0.5, 0.6) is 0 Å². The molecule has 1 aromatic heterocycles. The molecule has 0 saturated heterocycles. The highest BCUT2D eigenvalue weighted by atomic mass is 19.1. The topological polar surface area (TPSA) is 153 Å². The Balaban J connectivity index is 1.63. The molecule has 3 N–H and O–H groups in total. The SMILES string of the molecule is CC(CCOC(=O)C[C@@H](O)C[C@@H](O)CCn1c(-c2ccc(F)cc2)c(-c2ccccc2)c(C(=O)Nc2ccccc2)c1C(C)C)O[N+](=O)[O-]. The maximum Gasteiger partial charge on any atom is 0.308 e. The molecule has 0 spiro atoms. The molecule has 0 aliphatic carbocycles. The molecule has 12 heteroatoms. The standard InChI is InChI=1S/C37H42FN3O8/c1-24(2)35-34(37(45)39-29-12-8-5-9-13-29)33(26-10-6-4-7-11-26)36(27-14-16-28(38)17-15-27)40(35)20-18-30(42)22-31(43)23-32(44)48-21-19-25(3)49-41(46)47/h4-17,24-25,30-31,42-43H,18-23H2,1-3H3,(H,39,45)/t25?,30-,31-/m0/s1. The van der Waals surface area contributed by atoms with Gasteiger partial charge in [-0.25, -0.2) is 4.39 Å². The van der Waals surface area contributed by atoms with Gasteiger partial charge >= 0.3 is 5.97 Å². The van der Waals surface area contributed by atoms with Gasteiger partial charge < -0.3 is 29.7 Å². The first kappa shape index (κ1) is 36.8. The molecule has 3 aromatic carbocycles. The van der Waals surface area contributed by atoms with Crippen LogP contribution in [0.15, 0.2) is 84.9 Å². The van der Waals surface area contributed by atoms with Crippen molar-refractivity contribution in [3.8, 4) is 22.4 Å². The lowest BCUT2D eigenvalue weighted by molar-refractivity contribution is -0.767. The number of nitrogens with zero attached hydrogens (tertiary/aromatic N) is 2. The summed E-state index contributed by atoms with van der Waals surface area (Å²) in [5, 5.41) is 34.1. The summed E-state index contributed by atoms with van der Waals surface area (Å²) in [6.45, 7) is 5.55. The molecule has 0 aliphatic rings. The predicted octanol–water partition coefficient (Wildman–Crippen LogP) is 6.76. The number of hydrogen-bond donors (Lipinski definition) is 3. The monoisotopic (exact) mass is 675 g/mol. The maximum atomic E-state index is 14.2. The number of carbonyl (C=O) groups excluding carboxylic acids is 2. The van der Waals surface area contributed by atoms with Gasteiger partial charge in [-0.15, -0.1) is 10.1 Å². The third-order valence-electron chi connectivity index (χ3n) is 7.98. The molecule has 1 amide bonds. The van der Waals surface area contributed by atoms with E-state index in [1.165, 1.54) is 19.1 Å². The number of rotatable bonds is 17. The average Bonchev–Trinajstić information content (AvgIpc) is 3.40. The number of aliphatic hydroxyl groups is 2. The maximum absolute atomic E-state index is 14.2. The number of hydrogen-bond acceptors (Lipinski definition) is 8. The van der Waals surface area contributed by atoms with Crippen molar-refractivity contribution >= 4 is 17.6 Å². The fourth-order valence-electron chi connectivity index (χ4n) is 5.79. The first-order valence-corrected chi connectivity index (χ1v) is 16.2. The summed E-state index contributed by atoms with van der Waals surface area (Å²) in [6.07, 6.45) is -3.20. The molecule has 4 aromatic rings. The van der Waals surface area contributed by atoms with Crippen LogP contribution in [0.3, 0.4) is 0 Å². The van der Waals surface area contributed by atoms with Crippen LogP contribution in [0, 0.1) is 15.9 Å². The van der Waals surface area contributed by atoms with E-state index in [9.17, 15) is 34.3 Å². The van der Waals surface area contributed by atoms with E-state index in [1.54, 1.807) is 24.3 Å². The Hall–Kier alpha value is -5.07. The number of anilines is 1. The molecule has 260 valence electrons. The summed E-state index contributed by atoms with van der Waals surface area (Å²) in [6, 6.07) is 24.6. The highest BCUT2D eigenvalue weighted by molar-refractivity contribution is 6.12. The lowest BCUT2D eigenvalue weighted by Gasteiger charge is -2.20. The van der Waals surface area contributed by atoms with Crippen LogP contribution in [0.25, 0.3) is 22.4 Å². The fraction of sp³-hybridized carbons (Fsp3) is 0.351. The van der Waals surface area contributed by atoms with Crippen LogP contribution in [-0.4, -0.2) is 56.7 Å². The molecule has 0 bridgehead atoms. The normalized spacial score (nSPS) is 13.0. The number of ether oxygens (including phenoxy) is 1. The number of halogens is 1. The third-order valence-corrected chi connectivity index (χ3v) is 7.98. The summed E-state index contributed by atoms with van der Waals surface area (Å²) in [5.41, 5.74) is 4.61. The van der Waals surface area contributed by atoms with Gasteiger partial charge in [-0.05, 0) is 73.2 Å². The number of nitrogens with one attached hydrogen (secondary N) is 1. The predicted molar refractivity (Wildman–Crippen MR) is 183 cm³/mol. The van der Waals surface area contributed by atoms with Gasteiger partial charge in [-0.1, -0.05) is 62.4 Å². The largest absolute Gasteiger partial charge is 0.466 e. The zero-order chi connectivity index (χ0) is 35.5. The molecule has 0 radical (unpaired) electrons. The summed E-state index contributed by atoms with van der Waals surface area (Å²) in [5.74, 6) is -1.58. The quantitative estimate of drug-likeness (QED) is 0.0631. The number of aliphatic hydroxyl groups excluding tert-OH is 2. The molecule has 11 nitrogen and oxygen atoms in total. The summed E-state index contributed by atoms with van der Waals surface area (Å²) < 4.78 is 21.2. The van der Waals surface area contributed by atoms with E-state index in [1.807, 2.05) is 66.9 Å². The van der Waals surface area contributed by atoms with Crippen molar-refractivity contribution in [2.75, 3.05) is 11.9 Å². The van der Waals surface area contributed by atoms with Crippen molar-refractivity contribution < 1.29 is 38.9 Å². The van der Waals surface area contributed by atoms with Gasteiger partial charge in [0.2, 0.25) is 0 Å². The Labute approximate surface area is 284 Å². The molecule has 4 rings (SSSR count). The van der Waals surface area contributed by atoms with Gasteiger partial charge in [0.15, 0.2) is 0 Å². The van der Waals surface area contributed by atoms with Crippen molar-refractivity contribution in [1.29, 1.82) is 0 Å². The van der Waals surface area contributed by atoms with Gasteiger partial charge in [0.1, 0.15) is 11.9 Å². The van der Waals surface area contributed by atoms with E-state index in [2.05, 4.69) is 10.2 Å². The average molecular weight is 676 g/mol. The number of amides is 1. The number of aromatic nitrogens is 1. The minimum Gasteiger partial charge on any atom is -0.466 e. The molecule has 1 unspecified atom stereocenters. The number of esters is 1. The second-order valence-electron chi connectivity index (χ2n) is 12.2. The lowest BCUT2D eigenvalue weighted by Crippen LogP contribution is -2.24. The molecule has 0 aliphatic heterocycles. The first-order valence-electron chi connectivity index (χ1n) is 16.2. The molecule has 1 heterocycles. The highest BCUT2D eigenvalue weighted by Crippen LogP contribution is 2.42. The van der Waals surface area contributed by atoms with E-state index in [0.29, 0.717) is 28.1 Å². The second kappa shape index (κ2) is 17.4. The summed E-state index contributed by atoms with van der Waals surface area (Å²) >= 11 is 0. The van der Waals surface area contributed by atoms with Crippen LogP contribution in [0.2, 0.25) is 0 Å². The fourth-order valence-corrected chi connectivity index (χ4v) is 5.79. The Morgan fingerprint density at radius 1 is 0.898 bits per heavy atom. The van der Waals surface area contributed by atoms with Crippen LogP contribution in [0.1, 0.15) is 68.4 Å². The minimum absolute atomic E-state index is 0.104. The van der Waals surface area contributed by atoms with E-state index < -0.39 is 35.2 Å². The number of benzene rings is 3. The van der Waals surface area contributed by atoms with Crippen molar-refractivity contribution in [2.45, 2.75) is 77.2 Å². The van der Waals surface area contributed by atoms with Crippen molar-refractivity contribution in [1.82, 2.24) is 4.57 Å². The molecular weight excluding hydrogens is 633 g/mol. The van der Waals surface area contributed by atoms with E-state index in [4.69, 9.17) is 4.74 Å². The van der Waals surface area contributed by atoms with Crippen LogP contribution in [0.4, 0.5) is 10.1 Å². The second-order valence-corrected chi connectivity index (χ2v) is 12.2. The van der Waals surface area contributed by atoms with Crippen LogP contribution in [-0.2, 0) is 20.9 Å². The number of carbonyl (C=O) groups is 2. The Bertz CT molecular complexity index is 1690. The van der Waals surface area contributed by atoms with Crippen LogP contribution < -0.4 is 5.32 Å². The molecule has 3 atom stereocenters. The van der Waals surface area contributed by atoms with Crippen molar-refractivity contribution in [2.24, 2.45) is 0 Å². The smallest absolute Gasteiger partial charge is 0.308 e. The zero-order valence-corrected chi connectivity index (χ0v) is 27.8. The Morgan fingerprint density at radius 2 is 1.53 bits per heavy atom. The number of para-hydroxylation sites is 1. The first-order chi connectivity index (χ1) is 23.4. The van der Waals surface area contributed by atoms with Crippen LogP contribution >= 0.6 is 0 Å². The van der Waals surface area contributed by atoms with Gasteiger partial charge in [0.05, 0.1) is 36.5 Å². The minimum atomic E-state index is -1.20. The van der Waals surface area contributed by atoms with Crippen molar-refractivity contribution in [3.63, 3.8) is 0 Å². The van der Waals surface area contributed by atoms with E-state index in [0.717, 1.165) is 11.3 Å². The highest BCUT2D eigenvalue weighted by Gasteiger charge is 2.31. The molecule has 0 saturated carbocycles. The summed E-state index contributed by atoms with van der Waals surface area (Å²) in [4.78, 5) is 41.2. The zero-order valence-electron chi connectivity index (χ0n) is 27.8. The van der Waals surface area contributed by atoms with Gasteiger partial charge in [-0.2, -0.15) is 0 Å². The Morgan fingerprint density at radius 3 is 2.14 bits per heavy atom. The van der Waals surface area contributed by atoms with E-state index in [-0.39, 0.29) is 50.7 Å². The van der Waals surface area contributed by atoms with Gasteiger partial charge in [0, 0.05) is 29.9 Å². The van der Waals surface area contributed by atoms with Gasteiger partial charge in [0.25, 0.3) is 11.0 Å². The third kappa shape index (κ3) is 10.2. The Kier molecular flexibility index (Phi) is 13.0. The van der Waals surface area contributed by atoms with Gasteiger partial charge in [-0.3, -0.25) is 9.59 Å². The lowest BCUT2D eigenvalue weighted by atomic mass is 9.94. The van der Waals surface area contributed by atoms with Crippen molar-refractivity contribution in [3.05, 3.63) is 112 Å². The summed E-state index contributed by atoms with van der Waals surface area (Å²) in [7, 11) is 0. The molecular formula is C37H42FN3O8. The van der Waals surface area contributed by atoms with E-state index >= 15 is 0 Å².